The lowest BCUT2D eigenvalue weighted by molar-refractivity contribution is -0.138. The largest absolute Gasteiger partial charge is 0.489 e. The predicted molar refractivity (Wildman–Crippen MR) is 141 cm³/mol. The summed E-state index contributed by atoms with van der Waals surface area (Å²) in [4.78, 5) is 40.3. The number of hydrogen-bond donors (Lipinski definition) is 1. The molecule has 1 aliphatic heterocycles. The number of aliphatic carboxylic acids is 1. The van der Waals surface area contributed by atoms with E-state index in [0.717, 1.165) is 31.5 Å². The van der Waals surface area contributed by atoms with Gasteiger partial charge in [-0.15, -0.1) is 0 Å². The molecule has 0 bridgehead atoms. The Morgan fingerprint density at radius 1 is 0.889 bits per heavy atom. The van der Waals surface area contributed by atoms with Crippen LogP contribution in [-0.2, 0) is 21.0 Å². The van der Waals surface area contributed by atoms with Crippen LogP contribution in [0.15, 0.2) is 74.0 Å². The summed E-state index contributed by atoms with van der Waals surface area (Å²) in [6.45, 7) is 0.0792. The molecule has 0 radical (unpaired) electrons. The standard InChI is InChI=1S/C28H25Br2NO5/c29-17-9-7-16(8-10-17)15-36-24-12-11-18(30)13-19(24)26-27-20(3-1-5-22(27)32)31(14-25(34)35)21-4-2-6-23(33)28(21)26/h7-13,26H,1-6,14-15H2,(H,34,35). The van der Waals surface area contributed by atoms with Gasteiger partial charge in [-0.1, -0.05) is 44.0 Å². The van der Waals surface area contributed by atoms with E-state index in [1.807, 2.05) is 42.5 Å². The number of nitrogens with zero attached hydrogens (tertiary/aromatic N) is 1. The first-order valence-corrected chi connectivity index (χ1v) is 13.6. The van der Waals surface area contributed by atoms with Crippen LogP contribution >= 0.6 is 31.9 Å². The second kappa shape index (κ2) is 10.3. The fourth-order valence-electron chi connectivity index (χ4n) is 5.47. The lowest BCUT2D eigenvalue weighted by Crippen LogP contribution is -2.41. The molecule has 0 saturated heterocycles. The number of allylic oxidation sites excluding steroid dienone is 4. The van der Waals surface area contributed by atoms with Gasteiger partial charge in [-0.3, -0.25) is 14.4 Å². The van der Waals surface area contributed by atoms with Gasteiger partial charge in [0.1, 0.15) is 18.9 Å². The summed E-state index contributed by atoms with van der Waals surface area (Å²) in [7, 11) is 0. The van der Waals surface area contributed by atoms with Gasteiger partial charge in [0.2, 0.25) is 0 Å². The topological polar surface area (TPSA) is 83.9 Å². The molecule has 0 aromatic heterocycles. The first-order valence-electron chi connectivity index (χ1n) is 12.0. The maximum atomic E-state index is 13.4. The number of Topliss-reactive ketones (excluding diaryl/α,β-unsaturated/α-hetero) is 2. The highest BCUT2D eigenvalue weighted by Gasteiger charge is 2.44. The monoisotopic (exact) mass is 613 g/mol. The molecule has 0 spiro atoms. The first kappa shape index (κ1) is 25.0. The Morgan fingerprint density at radius 2 is 1.47 bits per heavy atom. The number of carbonyl (C=O) groups excluding carboxylic acids is 2. The summed E-state index contributed by atoms with van der Waals surface area (Å²) in [6, 6.07) is 13.5. The van der Waals surface area contributed by atoms with Crippen LogP contribution in [0.2, 0.25) is 0 Å². The fourth-order valence-corrected chi connectivity index (χ4v) is 6.11. The van der Waals surface area contributed by atoms with Crippen molar-refractivity contribution < 1.29 is 24.2 Å². The second-order valence-electron chi connectivity index (χ2n) is 9.28. The number of hydrogen-bond acceptors (Lipinski definition) is 5. The summed E-state index contributed by atoms with van der Waals surface area (Å²) in [5, 5.41) is 9.65. The summed E-state index contributed by atoms with van der Waals surface area (Å²) < 4.78 is 8.08. The summed E-state index contributed by atoms with van der Waals surface area (Å²) >= 11 is 7.02. The van der Waals surface area contributed by atoms with Crippen molar-refractivity contribution in [3.63, 3.8) is 0 Å². The van der Waals surface area contributed by atoms with E-state index in [1.165, 1.54) is 0 Å². The third-order valence-electron chi connectivity index (χ3n) is 6.97. The Kier molecular flexibility index (Phi) is 7.17. The smallest absolute Gasteiger partial charge is 0.323 e. The molecular weight excluding hydrogens is 590 g/mol. The number of rotatable bonds is 6. The lowest BCUT2D eigenvalue weighted by atomic mass is 9.70. The summed E-state index contributed by atoms with van der Waals surface area (Å²) in [5.41, 5.74) is 4.32. The maximum absolute atomic E-state index is 13.4. The van der Waals surface area contributed by atoms with Crippen LogP contribution in [0.25, 0.3) is 0 Å². The van der Waals surface area contributed by atoms with Crippen LogP contribution in [0.4, 0.5) is 0 Å². The number of carboxylic acid groups (broad SMARTS) is 1. The van der Waals surface area contributed by atoms with Gasteiger partial charge in [0.05, 0.1) is 0 Å². The molecule has 0 atom stereocenters. The van der Waals surface area contributed by atoms with Crippen LogP contribution in [0, 0.1) is 0 Å². The molecule has 186 valence electrons. The van der Waals surface area contributed by atoms with Crippen LogP contribution < -0.4 is 4.74 Å². The van der Waals surface area contributed by atoms with E-state index >= 15 is 0 Å². The van der Waals surface area contributed by atoms with Gasteiger partial charge in [0.15, 0.2) is 11.6 Å². The van der Waals surface area contributed by atoms with E-state index in [9.17, 15) is 19.5 Å². The second-order valence-corrected chi connectivity index (χ2v) is 11.1. The van der Waals surface area contributed by atoms with Crippen molar-refractivity contribution in [1.29, 1.82) is 0 Å². The third kappa shape index (κ3) is 4.81. The third-order valence-corrected chi connectivity index (χ3v) is 7.99. The average molecular weight is 615 g/mol. The van der Waals surface area contributed by atoms with Gasteiger partial charge in [-0.25, -0.2) is 0 Å². The Morgan fingerprint density at radius 3 is 2.06 bits per heavy atom. The maximum Gasteiger partial charge on any atom is 0.323 e. The molecule has 0 fully saturated rings. The SMILES string of the molecule is O=C(O)CN1C2=C(C(=O)CCC2)C(c2cc(Br)ccc2OCc2ccc(Br)cc2)C2=C1CCCC2=O. The number of ether oxygens (including phenoxy) is 1. The van der Waals surface area contributed by atoms with Crippen LogP contribution in [0.1, 0.15) is 55.6 Å². The van der Waals surface area contributed by atoms with Gasteiger partial charge in [0, 0.05) is 55.8 Å². The highest BCUT2D eigenvalue weighted by Crippen LogP contribution is 2.51. The van der Waals surface area contributed by atoms with E-state index < -0.39 is 11.9 Å². The van der Waals surface area contributed by atoms with Gasteiger partial charge in [-0.2, -0.15) is 0 Å². The number of benzene rings is 2. The molecule has 8 heteroatoms. The number of carboxylic acids is 1. The zero-order valence-electron chi connectivity index (χ0n) is 19.6. The number of carbonyl (C=O) groups is 3. The molecule has 1 N–H and O–H groups in total. The van der Waals surface area contributed by atoms with Gasteiger partial charge >= 0.3 is 5.97 Å². The zero-order chi connectivity index (χ0) is 25.4. The minimum absolute atomic E-state index is 0.0274. The molecule has 36 heavy (non-hydrogen) atoms. The van der Waals surface area contributed by atoms with Crippen molar-refractivity contribution in [1.82, 2.24) is 4.90 Å². The van der Waals surface area contributed by atoms with E-state index in [-0.39, 0.29) is 18.1 Å². The van der Waals surface area contributed by atoms with Crippen molar-refractivity contribution in [2.75, 3.05) is 6.54 Å². The minimum Gasteiger partial charge on any atom is -0.489 e. The van der Waals surface area contributed by atoms with Crippen molar-refractivity contribution >= 4 is 49.4 Å². The number of halogens is 2. The van der Waals surface area contributed by atoms with Gasteiger partial charge in [0.25, 0.3) is 0 Å². The van der Waals surface area contributed by atoms with E-state index in [0.29, 0.717) is 62.0 Å². The Hall–Kier alpha value is -2.71. The Balaban J connectivity index is 1.65. The summed E-state index contributed by atoms with van der Waals surface area (Å²) in [6.07, 6.45) is 3.33. The lowest BCUT2D eigenvalue weighted by Gasteiger charge is -2.43. The zero-order valence-corrected chi connectivity index (χ0v) is 22.7. The highest BCUT2D eigenvalue weighted by atomic mass is 79.9. The molecule has 2 aliphatic carbocycles. The van der Waals surface area contributed by atoms with Crippen molar-refractivity contribution in [3.05, 3.63) is 85.1 Å². The Bertz CT molecular complexity index is 1270. The van der Waals surface area contributed by atoms with Crippen molar-refractivity contribution in [2.45, 2.75) is 51.0 Å². The Labute approximate surface area is 226 Å². The van der Waals surface area contributed by atoms with E-state index in [4.69, 9.17) is 4.74 Å². The van der Waals surface area contributed by atoms with Gasteiger partial charge in [-0.05, 0) is 61.6 Å². The molecule has 2 aromatic carbocycles. The van der Waals surface area contributed by atoms with Crippen LogP contribution in [0.5, 0.6) is 5.75 Å². The molecular formula is C28H25Br2NO5. The average Bonchev–Trinajstić information content (AvgIpc) is 2.85. The van der Waals surface area contributed by atoms with E-state index in [2.05, 4.69) is 31.9 Å². The molecule has 0 unspecified atom stereocenters. The molecule has 0 saturated carbocycles. The van der Waals surface area contributed by atoms with Crippen molar-refractivity contribution in [2.24, 2.45) is 0 Å². The molecule has 1 heterocycles. The van der Waals surface area contributed by atoms with Crippen molar-refractivity contribution in [3.8, 4) is 5.75 Å². The molecule has 0 amide bonds. The molecule has 6 nitrogen and oxygen atoms in total. The molecule has 3 aliphatic rings. The molecule has 2 aromatic rings. The predicted octanol–water partition coefficient (Wildman–Crippen LogP) is 6.29. The number of ketones is 2. The normalized spacial score (nSPS) is 18.3. The van der Waals surface area contributed by atoms with Crippen LogP contribution in [-0.4, -0.2) is 34.1 Å². The minimum atomic E-state index is -0.982. The van der Waals surface area contributed by atoms with Crippen LogP contribution in [0.3, 0.4) is 0 Å². The molecule has 5 rings (SSSR count). The first-order chi connectivity index (χ1) is 17.3. The summed E-state index contributed by atoms with van der Waals surface area (Å²) in [5.74, 6) is -1.00. The highest BCUT2D eigenvalue weighted by molar-refractivity contribution is 9.10. The quantitative estimate of drug-likeness (QED) is 0.412. The van der Waals surface area contributed by atoms with Gasteiger partial charge < -0.3 is 14.7 Å². The van der Waals surface area contributed by atoms with E-state index in [1.54, 1.807) is 4.90 Å². The fraction of sp³-hybridized carbons (Fsp3) is 0.321.